The molecule has 0 unspecified atom stereocenters. The number of rotatable bonds is 2. The maximum absolute atomic E-state index is 11.0. The predicted octanol–water partition coefficient (Wildman–Crippen LogP) is 1.92. The maximum Gasteiger partial charge on any atom is 0.356 e. The first-order valence-corrected chi connectivity index (χ1v) is 6.45. The van der Waals surface area contributed by atoms with E-state index in [1.807, 2.05) is 0 Å². The molecule has 0 spiro atoms. The van der Waals surface area contributed by atoms with E-state index in [-0.39, 0.29) is 22.2 Å². The molecule has 1 aliphatic rings. The summed E-state index contributed by atoms with van der Waals surface area (Å²) in [5.41, 5.74) is 0.605. The third-order valence-electron chi connectivity index (χ3n) is 3.12. The number of nitrogens with zero attached hydrogens (tertiary/aromatic N) is 2. The Morgan fingerprint density at radius 3 is 2.76 bits per heavy atom. The fraction of sp³-hybridized carbons (Fsp3) is 0.231. The zero-order valence-electron chi connectivity index (χ0n) is 11.0. The minimum atomic E-state index is -1.15. The summed E-state index contributed by atoms with van der Waals surface area (Å²) >= 11 is 6.09. The molecular formula is C13H11ClN2O5. The van der Waals surface area contributed by atoms with Crippen molar-refractivity contribution in [2.45, 2.75) is 0 Å². The Bertz CT molecular complexity index is 741. The van der Waals surface area contributed by atoms with Gasteiger partial charge in [0.05, 0.1) is 5.69 Å². The first kappa shape index (κ1) is 13.6. The normalized spacial score (nSPS) is 13.2. The number of halogens is 1. The number of hydrogen-bond donors (Lipinski definition) is 2. The van der Waals surface area contributed by atoms with E-state index >= 15 is 0 Å². The van der Waals surface area contributed by atoms with Gasteiger partial charge in [0.2, 0.25) is 0 Å². The molecule has 0 saturated carbocycles. The second kappa shape index (κ2) is 4.85. The molecule has 1 aliphatic heterocycles. The van der Waals surface area contributed by atoms with Gasteiger partial charge in [0.25, 0.3) is 0 Å². The van der Waals surface area contributed by atoms with E-state index in [0.717, 1.165) is 0 Å². The van der Waals surface area contributed by atoms with Gasteiger partial charge in [-0.1, -0.05) is 11.6 Å². The van der Waals surface area contributed by atoms with Crippen molar-refractivity contribution in [1.82, 2.24) is 9.78 Å². The molecule has 2 aromatic rings. The first-order chi connectivity index (χ1) is 9.99. The van der Waals surface area contributed by atoms with Crippen molar-refractivity contribution in [3.05, 3.63) is 22.8 Å². The number of aromatic carboxylic acids is 1. The molecule has 0 radical (unpaired) electrons. The van der Waals surface area contributed by atoms with Crippen LogP contribution in [0, 0.1) is 0 Å². The SMILES string of the molecule is Cn1nc(C(=O)O)cc1-c1cc2c(c(Cl)c1O)OCCO2. The van der Waals surface area contributed by atoms with Crippen molar-refractivity contribution in [3.63, 3.8) is 0 Å². The third-order valence-corrected chi connectivity index (χ3v) is 3.47. The van der Waals surface area contributed by atoms with Crippen LogP contribution in [0.3, 0.4) is 0 Å². The molecular weight excluding hydrogens is 300 g/mol. The van der Waals surface area contributed by atoms with Gasteiger partial charge in [-0.15, -0.1) is 0 Å². The fourth-order valence-electron chi connectivity index (χ4n) is 2.16. The highest BCUT2D eigenvalue weighted by molar-refractivity contribution is 6.34. The van der Waals surface area contributed by atoms with Crippen LogP contribution >= 0.6 is 11.6 Å². The Morgan fingerprint density at radius 2 is 2.10 bits per heavy atom. The van der Waals surface area contributed by atoms with Crippen LogP contribution in [0.1, 0.15) is 10.5 Å². The summed E-state index contributed by atoms with van der Waals surface area (Å²) in [5, 5.41) is 23.1. The summed E-state index contributed by atoms with van der Waals surface area (Å²) < 4.78 is 12.2. The lowest BCUT2D eigenvalue weighted by Crippen LogP contribution is -2.15. The van der Waals surface area contributed by atoms with E-state index in [9.17, 15) is 9.90 Å². The molecule has 8 heteroatoms. The molecule has 0 fully saturated rings. The Hall–Kier alpha value is -2.41. The van der Waals surface area contributed by atoms with Gasteiger partial charge in [0.15, 0.2) is 17.2 Å². The van der Waals surface area contributed by atoms with Crippen LogP contribution in [-0.4, -0.2) is 39.2 Å². The molecule has 0 atom stereocenters. The molecule has 2 heterocycles. The summed E-state index contributed by atoms with van der Waals surface area (Å²) in [5.74, 6) is -0.678. The molecule has 7 nitrogen and oxygen atoms in total. The highest BCUT2D eigenvalue weighted by Crippen LogP contribution is 2.48. The summed E-state index contributed by atoms with van der Waals surface area (Å²) in [4.78, 5) is 11.0. The van der Waals surface area contributed by atoms with E-state index in [1.165, 1.54) is 10.7 Å². The molecule has 1 aromatic carbocycles. The molecule has 21 heavy (non-hydrogen) atoms. The second-order valence-electron chi connectivity index (χ2n) is 4.45. The molecule has 2 N–H and O–H groups in total. The second-order valence-corrected chi connectivity index (χ2v) is 4.83. The smallest absolute Gasteiger partial charge is 0.356 e. The number of phenols is 1. The zero-order chi connectivity index (χ0) is 15.1. The largest absolute Gasteiger partial charge is 0.506 e. The lowest BCUT2D eigenvalue weighted by Gasteiger charge is -2.21. The van der Waals surface area contributed by atoms with Gasteiger partial charge in [-0.05, 0) is 12.1 Å². The van der Waals surface area contributed by atoms with Gasteiger partial charge in [-0.2, -0.15) is 5.10 Å². The Morgan fingerprint density at radius 1 is 1.38 bits per heavy atom. The van der Waals surface area contributed by atoms with Crippen molar-refractivity contribution < 1.29 is 24.5 Å². The fourth-order valence-corrected chi connectivity index (χ4v) is 2.40. The van der Waals surface area contributed by atoms with E-state index in [2.05, 4.69) is 5.10 Å². The number of carbonyl (C=O) groups is 1. The van der Waals surface area contributed by atoms with Crippen LogP contribution < -0.4 is 9.47 Å². The highest BCUT2D eigenvalue weighted by atomic mass is 35.5. The number of aryl methyl sites for hydroxylation is 1. The number of aromatic hydroxyl groups is 1. The van der Waals surface area contributed by atoms with Gasteiger partial charge in [0.1, 0.15) is 24.0 Å². The Balaban J connectivity index is 2.19. The maximum atomic E-state index is 11.0. The average Bonchev–Trinajstić information content (AvgIpc) is 2.85. The van der Waals surface area contributed by atoms with E-state index in [1.54, 1.807) is 13.1 Å². The van der Waals surface area contributed by atoms with Crippen LogP contribution in [0.25, 0.3) is 11.3 Å². The van der Waals surface area contributed by atoms with Gasteiger partial charge in [-0.25, -0.2) is 4.79 Å². The number of aromatic nitrogens is 2. The molecule has 0 aliphatic carbocycles. The van der Waals surface area contributed by atoms with Crippen molar-refractivity contribution in [2.75, 3.05) is 13.2 Å². The Kier molecular flexibility index (Phi) is 3.13. The van der Waals surface area contributed by atoms with Gasteiger partial charge in [0, 0.05) is 12.6 Å². The summed E-state index contributed by atoms with van der Waals surface area (Å²) in [6.07, 6.45) is 0. The standard InChI is InChI=1S/C13H11ClN2O5/c1-16-8(5-7(15-16)13(18)19)6-4-9-12(10(14)11(6)17)21-3-2-20-9/h4-5,17H,2-3H2,1H3,(H,18,19). The van der Waals surface area contributed by atoms with Crippen molar-refractivity contribution >= 4 is 17.6 Å². The van der Waals surface area contributed by atoms with Crippen LogP contribution in [-0.2, 0) is 7.05 Å². The number of carboxylic acid groups (broad SMARTS) is 1. The summed E-state index contributed by atoms with van der Waals surface area (Å²) in [7, 11) is 1.58. The van der Waals surface area contributed by atoms with E-state index < -0.39 is 5.97 Å². The first-order valence-electron chi connectivity index (χ1n) is 6.08. The lowest BCUT2D eigenvalue weighted by atomic mass is 10.1. The minimum Gasteiger partial charge on any atom is -0.506 e. The number of benzene rings is 1. The number of hydrogen-bond acceptors (Lipinski definition) is 5. The van der Waals surface area contributed by atoms with Crippen molar-refractivity contribution in [2.24, 2.45) is 7.05 Å². The average molecular weight is 311 g/mol. The highest BCUT2D eigenvalue weighted by Gasteiger charge is 2.24. The minimum absolute atomic E-state index is 0.0280. The van der Waals surface area contributed by atoms with E-state index in [0.29, 0.717) is 30.2 Å². The van der Waals surface area contributed by atoms with E-state index in [4.69, 9.17) is 26.2 Å². The zero-order valence-corrected chi connectivity index (χ0v) is 11.7. The molecule has 3 rings (SSSR count). The van der Waals surface area contributed by atoms with Crippen molar-refractivity contribution in [1.29, 1.82) is 0 Å². The van der Waals surface area contributed by atoms with Gasteiger partial charge in [-0.3, -0.25) is 4.68 Å². The van der Waals surface area contributed by atoms with Crippen LogP contribution in [0.4, 0.5) is 0 Å². The number of carboxylic acids is 1. The molecule has 110 valence electrons. The van der Waals surface area contributed by atoms with Gasteiger partial charge >= 0.3 is 5.97 Å². The lowest BCUT2D eigenvalue weighted by molar-refractivity contribution is 0.0689. The Labute approximate surface area is 124 Å². The summed E-state index contributed by atoms with van der Waals surface area (Å²) in [6.45, 7) is 0.722. The molecule has 0 saturated heterocycles. The monoisotopic (exact) mass is 310 g/mol. The number of fused-ring (bicyclic) bond motifs is 1. The molecule has 0 bridgehead atoms. The third kappa shape index (κ3) is 2.15. The predicted molar refractivity (Wildman–Crippen MR) is 73.3 cm³/mol. The molecule has 0 amide bonds. The van der Waals surface area contributed by atoms with Crippen LogP contribution in [0.2, 0.25) is 5.02 Å². The van der Waals surface area contributed by atoms with Crippen LogP contribution in [0.15, 0.2) is 12.1 Å². The topological polar surface area (TPSA) is 93.8 Å². The van der Waals surface area contributed by atoms with Crippen molar-refractivity contribution in [3.8, 4) is 28.5 Å². The van der Waals surface area contributed by atoms with Crippen LogP contribution in [0.5, 0.6) is 17.2 Å². The number of phenolic OH excluding ortho intramolecular Hbond substituents is 1. The van der Waals surface area contributed by atoms with Gasteiger partial charge < -0.3 is 19.7 Å². The summed E-state index contributed by atoms with van der Waals surface area (Å²) in [6, 6.07) is 2.90. The molecule has 1 aromatic heterocycles. The quantitative estimate of drug-likeness (QED) is 0.880. The number of ether oxygens (including phenoxy) is 2.